The van der Waals surface area contributed by atoms with Gasteiger partial charge in [-0.2, -0.15) is 0 Å². The fourth-order valence-corrected chi connectivity index (χ4v) is 3.28. The van der Waals surface area contributed by atoms with Crippen LogP contribution in [0.25, 0.3) is 10.9 Å². The average Bonchev–Trinajstić information content (AvgIpc) is 3.34. The number of nitrogens with two attached hydrogens (primary N) is 1. The Hall–Kier alpha value is -3.38. The third-order valence-corrected chi connectivity index (χ3v) is 4.72. The zero-order valence-electron chi connectivity index (χ0n) is 15.6. The molecule has 6 heteroatoms. The van der Waals surface area contributed by atoms with E-state index in [-0.39, 0.29) is 11.6 Å². The summed E-state index contributed by atoms with van der Waals surface area (Å²) in [5, 5.41) is 3.98. The lowest BCUT2D eigenvalue weighted by Crippen LogP contribution is -2.23. The zero-order chi connectivity index (χ0) is 19.5. The van der Waals surface area contributed by atoms with Gasteiger partial charge in [0, 0.05) is 23.6 Å². The van der Waals surface area contributed by atoms with Crippen LogP contribution in [0.3, 0.4) is 0 Å². The van der Waals surface area contributed by atoms with Gasteiger partial charge in [0.1, 0.15) is 6.26 Å². The quantitative estimate of drug-likeness (QED) is 0.480. The Labute approximate surface area is 162 Å². The lowest BCUT2D eigenvalue weighted by atomic mass is 10.1. The van der Waals surface area contributed by atoms with Gasteiger partial charge in [0.15, 0.2) is 5.69 Å². The summed E-state index contributed by atoms with van der Waals surface area (Å²) in [5.41, 5.74) is 10.8. The first-order chi connectivity index (χ1) is 13.6. The van der Waals surface area contributed by atoms with E-state index in [1.54, 1.807) is 0 Å². The van der Waals surface area contributed by atoms with Crippen molar-refractivity contribution in [2.45, 2.75) is 25.9 Å². The molecule has 142 valence electrons. The standard InChI is InChI=1S/C22H22N4O2/c1-14-5-4-6-15(9-14)11-25-21(27)20-13-28-22(26-20)18(23)10-16-12-24-19-8-3-2-7-17(16)19/h2-9,12-13,18,24H,10-11,23H2,1H3,(H,25,27). The van der Waals surface area contributed by atoms with Gasteiger partial charge >= 0.3 is 0 Å². The first-order valence-corrected chi connectivity index (χ1v) is 9.20. The van der Waals surface area contributed by atoms with Gasteiger partial charge in [0.05, 0.1) is 6.04 Å². The van der Waals surface area contributed by atoms with Crippen LogP contribution in [-0.2, 0) is 13.0 Å². The Morgan fingerprint density at radius 1 is 1.25 bits per heavy atom. The highest BCUT2D eigenvalue weighted by Gasteiger charge is 2.18. The topological polar surface area (TPSA) is 96.9 Å². The monoisotopic (exact) mass is 374 g/mol. The number of H-pyrrole nitrogens is 1. The number of nitrogens with one attached hydrogen (secondary N) is 2. The van der Waals surface area contributed by atoms with Gasteiger partial charge in [-0.25, -0.2) is 4.98 Å². The first-order valence-electron chi connectivity index (χ1n) is 9.20. The van der Waals surface area contributed by atoms with Crippen molar-refractivity contribution in [2.24, 2.45) is 5.73 Å². The maximum Gasteiger partial charge on any atom is 0.273 e. The highest BCUT2D eigenvalue weighted by Crippen LogP contribution is 2.23. The Morgan fingerprint density at radius 2 is 2.11 bits per heavy atom. The van der Waals surface area contributed by atoms with Crippen LogP contribution in [0.2, 0.25) is 0 Å². The number of rotatable bonds is 6. The van der Waals surface area contributed by atoms with Crippen LogP contribution in [0.4, 0.5) is 0 Å². The number of amides is 1. The fraction of sp³-hybridized carbons (Fsp3) is 0.182. The molecule has 0 saturated carbocycles. The molecule has 0 aliphatic heterocycles. The van der Waals surface area contributed by atoms with Crippen molar-refractivity contribution in [1.82, 2.24) is 15.3 Å². The molecular formula is C22H22N4O2. The molecule has 0 spiro atoms. The molecular weight excluding hydrogens is 352 g/mol. The van der Waals surface area contributed by atoms with E-state index in [4.69, 9.17) is 10.2 Å². The predicted octanol–water partition coefficient (Wildman–Crippen LogP) is 3.64. The lowest BCUT2D eigenvalue weighted by Gasteiger charge is -2.06. The normalized spacial score (nSPS) is 12.2. The number of hydrogen-bond acceptors (Lipinski definition) is 4. The molecule has 6 nitrogen and oxygen atoms in total. The molecule has 4 aromatic rings. The van der Waals surface area contributed by atoms with Crippen LogP contribution in [0.1, 0.15) is 39.1 Å². The van der Waals surface area contributed by atoms with Gasteiger partial charge in [-0.15, -0.1) is 0 Å². The minimum Gasteiger partial charge on any atom is -0.446 e. The largest absolute Gasteiger partial charge is 0.446 e. The number of carbonyl (C=O) groups excluding carboxylic acids is 1. The van der Waals surface area contributed by atoms with Crippen LogP contribution in [0, 0.1) is 6.92 Å². The number of fused-ring (bicyclic) bond motifs is 1. The van der Waals surface area contributed by atoms with E-state index in [1.165, 1.54) is 6.26 Å². The Kier molecular flexibility index (Phi) is 4.95. The second-order valence-electron chi connectivity index (χ2n) is 6.91. The zero-order valence-corrected chi connectivity index (χ0v) is 15.6. The lowest BCUT2D eigenvalue weighted by molar-refractivity contribution is 0.0946. The molecule has 0 radical (unpaired) electrons. The van der Waals surface area contributed by atoms with Gasteiger partial charge in [-0.05, 0) is 30.5 Å². The van der Waals surface area contributed by atoms with Crippen molar-refractivity contribution < 1.29 is 9.21 Å². The number of aryl methyl sites for hydroxylation is 1. The Balaban J connectivity index is 1.41. The molecule has 0 bridgehead atoms. The highest BCUT2D eigenvalue weighted by atomic mass is 16.3. The highest BCUT2D eigenvalue weighted by molar-refractivity contribution is 5.91. The summed E-state index contributed by atoms with van der Waals surface area (Å²) in [5.74, 6) is 0.0711. The number of hydrogen-bond donors (Lipinski definition) is 3. The number of para-hydroxylation sites is 1. The molecule has 0 aliphatic carbocycles. The van der Waals surface area contributed by atoms with Gasteiger partial charge in [-0.3, -0.25) is 4.79 Å². The average molecular weight is 374 g/mol. The molecule has 2 aromatic carbocycles. The third kappa shape index (κ3) is 3.82. The summed E-state index contributed by atoms with van der Waals surface area (Å²) in [6.07, 6.45) is 3.87. The number of aromatic nitrogens is 2. The summed E-state index contributed by atoms with van der Waals surface area (Å²) in [6, 6.07) is 15.6. The molecule has 1 atom stereocenters. The van der Waals surface area contributed by atoms with Crippen LogP contribution in [0.5, 0.6) is 0 Å². The van der Waals surface area contributed by atoms with Crippen LogP contribution >= 0.6 is 0 Å². The van der Waals surface area contributed by atoms with Gasteiger partial charge in [-0.1, -0.05) is 48.0 Å². The summed E-state index contributed by atoms with van der Waals surface area (Å²) in [7, 11) is 0. The minimum atomic E-state index is -0.433. The molecule has 2 aromatic heterocycles. The summed E-state index contributed by atoms with van der Waals surface area (Å²) in [4.78, 5) is 19.9. The number of oxazole rings is 1. The van der Waals surface area contributed by atoms with Crippen LogP contribution in [0.15, 0.2) is 65.4 Å². The van der Waals surface area contributed by atoms with E-state index < -0.39 is 6.04 Å². The van der Waals surface area contributed by atoms with Crippen molar-refractivity contribution in [2.75, 3.05) is 0 Å². The second kappa shape index (κ2) is 7.70. The number of nitrogens with zero attached hydrogens (tertiary/aromatic N) is 1. The predicted molar refractivity (Wildman–Crippen MR) is 108 cm³/mol. The van der Waals surface area contributed by atoms with E-state index in [2.05, 4.69) is 15.3 Å². The molecule has 28 heavy (non-hydrogen) atoms. The van der Waals surface area contributed by atoms with E-state index in [1.807, 2.05) is 61.7 Å². The number of carbonyl (C=O) groups is 1. The smallest absolute Gasteiger partial charge is 0.273 e. The maximum atomic E-state index is 12.4. The van der Waals surface area contributed by atoms with Gasteiger partial charge < -0.3 is 20.5 Å². The fourth-order valence-electron chi connectivity index (χ4n) is 3.28. The summed E-state index contributed by atoms with van der Waals surface area (Å²) in [6.45, 7) is 2.45. The van der Waals surface area contributed by atoms with Crippen molar-refractivity contribution >= 4 is 16.8 Å². The van der Waals surface area contributed by atoms with E-state index in [0.717, 1.165) is 27.6 Å². The third-order valence-electron chi connectivity index (χ3n) is 4.72. The molecule has 2 heterocycles. The van der Waals surface area contributed by atoms with E-state index in [9.17, 15) is 4.79 Å². The molecule has 1 unspecified atom stereocenters. The molecule has 0 fully saturated rings. The van der Waals surface area contributed by atoms with Crippen molar-refractivity contribution in [3.63, 3.8) is 0 Å². The Morgan fingerprint density at radius 3 is 2.96 bits per heavy atom. The summed E-state index contributed by atoms with van der Waals surface area (Å²) < 4.78 is 5.47. The molecule has 0 saturated heterocycles. The first kappa shape index (κ1) is 18.0. The van der Waals surface area contributed by atoms with Crippen molar-refractivity contribution in [1.29, 1.82) is 0 Å². The second-order valence-corrected chi connectivity index (χ2v) is 6.91. The summed E-state index contributed by atoms with van der Waals surface area (Å²) >= 11 is 0. The van der Waals surface area contributed by atoms with E-state index >= 15 is 0 Å². The van der Waals surface area contributed by atoms with Gasteiger partial charge in [0.25, 0.3) is 5.91 Å². The maximum absolute atomic E-state index is 12.4. The SMILES string of the molecule is Cc1cccc(CNC(=O)c2coc(C(N)Cc3c[nH]c4ccccc34)n2)c1. The molecule has 4 N–H and O–H groups in total. The van der Waals surface area contributed by atoms with Gasteiger partial charge in [0.2, 0.25) is 5.89 Å². The van der Waals surface area contributed by atoms with Crippen molar-refractivity contribution in [3.05, 3.63) is 89.3 Å². The van der Waals surface area contributed by atoms with Crippen LogP contribution < -0.4 is 11.1 Å². The molecule has 1 amide bonds. The number of aromatic amines is 1. The van der Waals surface area contributed by atoms with Crippen LogP contribution in [-0.4, -0.2) is 15.9 Å². The van der Waals surface area contributed by atoms with Crippen molar-refractivity contribution in [3.8, 4) is 0 Å². The molecule has 4 rings (SSSR count). The molecule has 0 aliphatic rings. The number of benzene rings is 2. The Bertz CT molecular complexity index is 1110. The van der Waals surface area contributed by atoms with E-state index in [0.29, 0.717) is 18.9 Å². The minimum absolute atomic E-state index is 0.233.